The smallest absolute Gasteiger partial charge is 0.211 e. The first-order valence-electron chi connectivity index (χ1n) is 7.65. The average Bonchev–Trinajstić information content (AvgIpc) is 2.47. The van der Waals surface area contributed by atoms with Crippen LogP contribution in [0.25, 0.3) is 0 Å². The van der Waals surface area contributed by atoms with Gasteiger partial charge in [-0.15, -0.1) is 0 Å². The summed E-state index contributed by atoms with van der Waals surface area (Å²) in [6.07, 6.45) is 8.13. The predicted octanol–water partition coefficient (Wildman–Crippen LogP) is 3.74. The Morgan fingerprint density at radius 2 is 2.18 bits per heavy atom. The van der Waals surface area contributed by atoms with Gasteiger partial charge in [0.25, 0.3) is 0 Å². The lowest BCUT2D eigenvalue weighted by Gasteiger charge is -2.27. The lowest BCUT2D eigenvalue weighted by atomic mass is 10.0. The number of nitrogens with two attached hydrogens (primary N) is 1. The maximum Gasteiger partial charge on any atom is 0.211 e. The van der Waals surface area contributed by atoms with Crippen LogP contribution in [0.4, 0.5) is 11.4 Å². The number of anilines is 2. The number of rotatable bonds is 8. The lowest BCUT2D eigenvalue weighted by molar-refractivity contribution is -0.105. The molecule has 3 N–H and O–H groups in total. The van der Waals surface area contributed by atoms with Gasteiger partial charge in [-0.2, -0.15) is 0 Å². The van der Waals surface area contributed by atoms with Crippen molar-refractivity contribution < 1.29 is 4.79 Å². The van der Waals surface area contributed by atoms with Crippen LogP contribution in [0.1, 0.15) is 38.8 Å². The summed E-state index contributed by atoms with van der Waals surface area (Å²) in [5, 5.41) is 2.74. The molecular weight excluding hydrogens is 274 g/mol. The zero-order valence-electron chi connectivity index (χ0n) is 14.0. The number of benzene rings is 1. The van der Waals surface area contributed by atoms with Gasteiger partial charge < -0.3 is 11.1 Å². The van der Waals surface area contributed by atoms with Gasteiger partial charge in [0.2, 0.25) is 6.41 Å². The molecular formula is C18H27N3O. The van der Waals surface area contributed by atoms with E-state index in [-0.39, 0.29) is 6.04 Å². The second-order valence-corrected chi connectivity index (χ2v) is 5.39. The second kappa shape index (κ2) is 9.05. The van der Waals surface area contributed by atoms with Crippen molar-refractivity contribution in [1.29, 1.82) is 0 Å². The van der Waals surface area contributed by atoms with Crippen LogP contribution in [-0.4, -0.2) is 24.9 Å². The van der Waals surface area contributed by atoms with Crippen LogP contribution in [0.3, 0.4) is 0 Å². The third-order valence-electron chi connectivity index (χ3n) is 3.68. The van der Waals surface area contributed by atoms with Crippen molar-refractivity contribution in [3.63, 3.8) is 0 Å². The fraction of sp³-hybridized carbons (Fsp3) is 0.389. The van der Waals surface area contributed by atoms with Gasteiger partial charge in [-0.05, 0) is 50.6 Å². The molecule has 0 saturated carbocycles. The molecule has 0 radical (unpaired) electrons. The van der Waals surface area contributed by atoms with Crippen LogP contribution in [0.2, 0.25) is 0 Å². The van der Waals surface area contributed by atoms with E-state index in [1.54, 1.807) is 6.07 Å². The molecule has 4 nitrogen and oxygen atoms in total. The van der Waals surface area contributed by atoms with Gasteiger partial charge in [0.05, 0.1) is 0 Å². The first kappa shape index (κ1) is 18.0. The standard InChI is InChI=1S/C18H27N3O/c1-5-7-15(8-6-2)12-21(4)14(3)17-10-9-16(19)11-18(17)20-13-22/h5,7-11,13-14H,6,12,19H2,1-4H3,(H,20,22)/b7-5-,15-8+. The Hall–Kier alpha value is -2.07. The Labute approximate surface area is 133 Å². The lowest BCUT2D eigenvalue weighted by Crippen LogP contribution is -2.25. The second-order valence-electron chi connectivity index (χ2n) is 5.39. The number of nitrogens with one attached hydrogen (secondary N) is 1. The minimum Gasteiger partial charge on any atom is -0.399 e. The normalized spacial score (nSPS) is 13.6. The SMILES string of the molecule is C/C=C\C(=C/CC)CN(C)C(C)c1ccc(N)cc1NC=O. The molecule has 0 heterocycles. The summed E-state index contributed by atoms with van der Waals surface area (Å²) in [5.41, 5.74) is 9.56. The van der Waals surface area contributed by atoms with Crippen molar-refractivity contribution >= 4 is 17.8 Å². The molecule has 1 amide bonds. The number of carbonyl (C=O) groups is 1. The van der Waals surface area contributed by atoms with Crippen LogP contribution in [0.5, 0.6) is 0 Å². The number of nitrogens with zero attached hydrogens (tertiary/aromatic N) is 1. The third-order valence-corrected chi connectivity index (χ3v) is 3.68. The van der Waals surface area contributed by atoms with Gasteiger partial charge in [0.1, 0.15) is 0 Å². The number of nitrogen functional groups attached to an aromatic ring is 1. The highest BCUT2D eigenvalue weighted by Crippen LogP contribution is 2.28. The first-order valence-corrected chi connectivity index (χ1v) is 7.65. The molecule has 0 aliphatic carbocycles. The summed E-state index contributed by atoms with van der Waals surface area (Å²) in [6, 6.07) is 5.79. The highest BCUT2D eigenvalue weighted by atomic mass is 16.1. The highest BCUT2D eigenvalue weighted by Gasteiger charge is 2.16. The monoisotopic (exact) mass is 301 g/mol. The van der Waals surface area contributed by atoms with Gasteiger partial charge >= 0.3 is 0 Å². The van der Waals surface area contributed by atoms with Gasteiger partial charge in [-0.1, -0.05) is 31.2 Å². The van der Waals surface area contributed by atoms with Gasteiger partial charge in [0, 0.05) is 24.0 Å². The highest BCUT2D eigenvalue weighted by molar-refractivity contribution is 5.75. The van der Waals surface area contributed by atoms with Crippen LogP contribution >= 0.6 is 0 Å². The Morgan fingerprint density at radius 3 is 2.77 bits per heavy atom. The number of amides is 1. The van der Waals surface area contributed by atoms with Crippen LogP contribution in [0, 0.1) is 0 Å². The van der Waals surface area contributed by atoms with Gasteiger partial charge in [0.15, 0.2) is 0 Å². The van der Waals surface area contributed by atoms with Crippen molar-refractivity contribution in [2.45, 2.75) is 33.2 Å². The molecule has 1 unspecified atom stereocenters. The molecule has 1 rings (SSSR count). The van der Waals surface area contributed by atoms with Crippen LogP contribution in [-0.2, 0) is 4.79 Å². The molecule has 0 saturated heterocycles. The zero-order valence-corrected chi connectivity index (χ0v) is 14.0. The molecule has 1 atom stereocenters. The Kier molecular flexibility index (Phi) is 7.40. The molecule has 4 heteroatoms. The van der Waals surface area contributed by atoms with Crippen molar-refractivity contribution in [1.82, 2.24) is 4.90 Å². The summed E-state index contributed by atoms with van der Waals surface area (Å²) in [6.45, 7) is 7.14. The van der Waals surface area contributed by atoms with Crippen LogP contribution < -0.4 is 11.1 Å². The Bertz CT molecular complexity index is 549. The molecule has 0 fully saturated rings. The van der Waals surface area contributed by atoms with E-state index in [2.05, 4.69) is 49.3 Å². The minimum absolute atomic E-state index is 0.161. The molecule has 120 valence electrons. The number of hydrogen-bond donors (Lipinski definition) is 2. The third kappa shape index (κ3) is 5.04. The zero-order chi connectivity index (χ0) is 16.5. The first-order chi connectivity index (χ1) is 10.5. The number of likely N-dealkylation sites (N-methyl/N-ethyl adjacent to an activating group) is 1. The fourth-order valence-electron chi connectivity index (χ4n) is 2.45. The van der Waals surface area contributed by atoms with E-state index >= 15 is 0 Å². The summed E-state index contributed by atoms with van der Waals surface area (Å²) < 4.78 is 0. The van der Waals surface area contributed by atoms with E-state index < -0.39 is 0 Å². The maximum absolute atomic E-state index is 10.8. The Balaban J connectivity index is 2.97. The molecule has 0 aliphatic heterocycles. The van der Waals surface area contributed by atoms with Gasteiger partial charge in [-0.3, -0.25) is 9.69 Å². The van der Waals surface area contributed by atoms with Crippen LogP contribution in [0.15, 0.2) is 42.0 Å². The number of carbonyl (C=O) groups excluding carboxylic acids is 1. The van der Waals surface area contributed by atoms with Gasteiger partial charge in [-0.25, -0.2) is 0 Å². The van der Waals surface area contributed by atoms with Crippen molar-refractivity contribution in [2.24, 2.45) is 0 Å². The van der Waals surface area contributed by atoms with Crippen molar-refractivity contribution in [3.05, 3.63) is 47.6 Å². The topological polar surface area (TPSA) is 58.4 Å². The van der Waals surface area contributed by atoms with E-state index in [0.717, 1.165) is 24.2 Å². The molecule has 0 spiro atoms. The number of hydrogen-bond acceptors (Lipinski definition) is 3. The summed E-state index contributed by atoms with van der Waals surface area (Å²) in [5.74, 6) is 0. The predicted molar refractivity (Wildman–Crippen MR) is 94.8 cm³/mol. The summed E-state index contributed by atoms with van der Waals surface area (Å²) in [4.78, 5) is 13.0. The molecule has 0 aromatic heterocycles. The maximum atomic E-state index is 10.8. The van der Waals surface area contributed by atoms with E-state index in [4.69, 9.17) is 5.73 Å². The average molecular weight is 301 g/mol. The van der Waals surface area contributed by atoms with E-state index in [9.17, 15) is 4.79 Å². The van der Waals surface area contributed by atoms with Crippen molar-refractivity contribution in [3.8, 4) is 0 Å². The minimum atomic E-state index is 0.161. The van der Waals surface area contributed by atoms with E-state index in [1.165, 1.54) is 5.57 Å². The summed E-state index contributed by atoms with van der Waals surface area (Å²) in [7, 11) is 2.08. The fourth-order valence-corrected chi connectivity index (χ4v) is 2.45. The van der Waals surface area contributed by atoms with E-state index in [0.29, 0.717) is 12.1 Å². The molecule has 22 heavy (non-hydrogen) atoms. The van der Waals surface area contributed by atoms with E-state index in [1.807, 2.05) is 19.1 Å². The quantitative estimate of drug-likeness (QED) is 0.437. The Morgan fingerprint density at radius 1 is 1.45 bits per heavy atom. The number of allylic oxidation sites excluding steroid dienone is 2. The summed E-state index contributed by atoms with van der Waals surface area (Å²) >= 11 is 0. The molecule has 1 aromatic rings. The molecule has 1 aromatic carbocycles. The van der Waals surface area contributed by atoms with Crippen molar-refractivity contribution in [2.75, 3.05) is 24.6 Å². The molecule has 0 aliphatic rings. The molecule has 0 bridgehead atoms. The largest absolute Gasteiger partial charge is 0.399 e.